The van der Waals surface area contributed by atoms with Gasteiger partial charge >= 0.3 is 0 Å². The number of methoxy groups -OCH3 is 1. The van der Waals surface area contributed by atoms with E-state index in [0.717, 1.165) is 0 Å². The monoisotopic (exact) mass is 218 g/mol. The minimum absolute atomic E-state index is 0.0377. The lowest BCUT2D eigenvalue weighted by atomic mass is 10.2. The van der Waals surface area contributed by atoms with Crippen LogP contribution < -0.4 is 4.74 Å². The SMILES string of the molecule is COc1cc(Cl)c(C#N)c(C(F)F)n1. The highest BCUT2D eigenvalue weighted by atomic mass is 35.5. The van der Waals surface area contributed by atoms with Crippen molar-refractivity contribution < 1.29 is 13.5 Å². The molecule has 0 spiro atoms. The Labute approximate surface area is 83.9 Å². The summed E-state index contributed by atoms with van der Waals surface area (Å²) in [4.78, 5) is 3.44. The van der Waals surface area contributed by atoms with Gasteiger partial charge in [-0.15, -0.1) is 0 Å². The number of nitriles is 1. The maximum Gasteiger partial charge on any atom is 0.281 e. The van der Waals surface area contributed by atoms with Crippen LogP contribution in [0.1, 0.15) is 17.7 Å². The summed E-state index contributed by atoms with van der Waals surface area (Å²) in [5.74, 6) is -0.0377. The Hall–Kier alpha value is -1.41. The van der Waals surface area contributed by atoms with Crippen molar-refractivity contribution in [1.82, 2.24) is 4.98 Å². The van der Waals surface area contributed by atoms with E-state index >= 15 is 0 Å². The molecule has 0 bridgehead atoms. The Morgan fingerprint density at radius 1 is 1.64 bits per heavy atom. The molecule has 1 aromatic rings. The van der Waals surface area contributed by atoms with Crippen LogP contribution in [0.2, 0.25) is 5.02 Å². The van der Waals surface area contributed by atoms with Gasteiger partial charge in [-0.25, -0.2) is 13.8 Å². The fraction of sp³-hybridized carbons (Fsp3) is 0.250. The summed E-state index contributed by atoms with van der Waals surface area (Å²) in [5.41, 5.74) is -0.973. The fourth-order valence-corrected chi connectivity index (χ4v) is 1.12. The predicted octanol–water partition coefficient (Wildman–Crippen LogP) is 2.55. The minimum Gasteiger partial charge on any atom is -0.481 e. The molecule has 0 aromatic carbocycles. The lowest BCUT2D eigenvalue weighted by Gasteiger charge is -2.06. The largest absolute Gasteiger partial charge is 0.481 e. The van der Waals surface area contributed by atoms with Crippen molar-refractivity contribution >= 4 is 11.6 Å². The maximum atomic E-state index is 12.4. The maximum absolute atomic E-state index is 12.4. The summed E-state index contributed by atoms with van der Waals surface area (Å²) in [6.07, 6.45) is -2.85. The zero-order valence-electron chi connectivity index (χ0n) is 7.09. The number of alkyl halides is 2. The van der Waals surface area contributed by atoms with Crippen LogP contribution in [0.15, 0.2) is 6.07 Å². The van der Waals surface area contributed by atoms with Gasteiger partial charge in [0.25, 0.3) is 6.43 Å². The van der Waals surface area contributed by atoms with Crippen molar-refractivity contribution in [3.05, 3.63) is 22.3 Å². The number of hydrogen-bond acceptors (Lipinski definition) is 3. The average Bonchev–Trinajstić information content (AvgIpc) is 2.16. The molecule has 14 heavy (non-hydrogen) atoms. The number of halogens is 3. The molecule has 1 heterocycles. The third-order valence-electron chi connectivity index (χ3n) is 1.50. The zero-order chi connectivity index (χ0) is 10.7. The van der Waals surface area contributed by atoms with E-state index in [9.17, 15) is 8.78 Å². The first kappa shape index (κ1) is 10.7. The molecule has 0 amide bonds. The van der Waals surface area contributed by atoms with Gasteiger partial charge in [-0.05, 0) is 0 Å². The zero-order valence-corrected chi connectivity index (χ0v) is 7.85. The van der Waals surface area contributed by atoms with Crippen LogP contribution in [0.25, 0.3) is 0 Å². The van der Waals surface area contributed by atoms with Crippen LogP contribution in [-0.4, -0.2) is 12.1 Å². The molecule has 0 aliphatic carbocycles. The molecule has 0 aliphatic rings. The fourth-order valence-electron chi connectivity index (χ4n) is 0.883. The van der Waals surface area contributed by atoms with Gasteiger partial charge in [0.2, 0.25) is 5.88 Å². The first-order chi connectivity index (χ1) is 6.60. The van der Waals surface area contributed by atoms with Crippen LogP contribution in [0.3, 0.4) is 0 Å². The number of ether oxygens (including phenoxy) is 1. The van der Waals surface area contributed by atoms with Gasteiger partial charge in [-0.2, -0.15) is 5.26 Å². The van der Waals surface area contributed by atoms with Gasteiger partial charge in [-0.1, -0.05) is 11.6 Å². The molecular formula is C8H5ClF2N2O. The molecule has 0 atom stereocenters. The summed E-state index contributed by atoms with van der Waals surface area (Å²) in [6, 6.07) is 2.78. The van der Waals surface area contributed by atoms with Gasteiger partial charge in [0.05, 0.1) is 17.7 Å². The van der Waals surface area contributed by atoms with Crippen molar-refractivity contribution in [1.29, 1.82) is 5.26 Å². The second-order valence-electron chi connectivity index (χ2n) is 2.32. The first-order valence-electron chi connectivity index (χ1n) is 3.52. The van der Waals surface area contributed by atoms with Crippen LogP contribution >= 0.6 is 11.6 Å². The number of hydrogen-bond donors (Lipinski definition) is 0. The Morgan fingerprint density at radius 2 is 2.29 bits per heavy atom. The van der Waals surface area contributed by atoms with Crippen molar-refractivity contribution in [3.8, 4) is 11.9 Å². The molecule has 0 radical (unpaired) electrons. The van der Waals surface area contributed by atoms with E-state index in [1.807, 2.05) is 0 Å². The normalized spacial score (nSPS) is 10.0. The summed E-state index contributed by atoms with van der Waals surface area (Å²) in [7, 11) is 1.28. The van der Waals surface area contributed by atoms with Crippen molar-refractivity contribution in [2.75, 3.05) is 7.11 Å². The molecule has 0 N–H and O–H groups in total. The molecule has 0 unspecified atom stereocenters. The van der Waals surface area contributed by atoms with E-state index in [1.54, 1.807) is 6.07 Å². The summed E-state index contributed by atoms with van der Waals surface area (Å²) in [5, 5.41) is 8.47. The second kappa shape index (κ2) is 4.20. The van der Waals surface area contributed by atoms with Gasteiger partial charge in [0, 0.05) is 6.07 Å². The molecule has 0 saturated heterocycles. The van der Waals surface area contributed by atoms with Crippen molar-refractivity contribution in [3.63, 3.8) is 0 Å². The number of nitrogens with zero attached hydrogens (tertiary/aromatic N) is 2. The van der Waals surface area contributed by atoms with E-state index < -0.39 is 12.1 Å². The van der Waals surface area contributed by atoms with E-state index in [4.69, 9.17) is 16.9 Å². The Bertz CT molecular complexity index is 390. The molecule has 74 valence electrons. The number of aromatic nitrogens is 1. The molecule has 1 aromatic heterocycles. The molecule has 3 nitrogen and oxygen atoms in total. The summed E-state index contributed by atoms with van der Waals surface area (Å²) < 4.78 is 29.4. The molecule has 0 saturated carbocycles. The molecule has 1 rings (SSSR count). The van der Waals surface area contributed by atoms with E-state index in [-0.39, 0.29) is 16.5 Å². The Kier molecular flexibility index (Phi) is 3.20. The predicted molar refractivity (Wildman–Crippen MR) is 45.5 cm³/mol. The Balaban J connectivity index is 3.37. The van der Waals surface area contributed by atoms with Gasteiger partial charge in [-0.3, -0.25) is 0 Å². The van der Waals surface area contributed by atoms with E-state index in [0.29, 0.717) is 0 Å². The smallest absolute Gasteiger partial charge is 0.281 e. The Morgan fingerprint density at radius 3 is 2.71 bits per heavy atom. The highest BCUT2D eigenvalue weighted by molar-refractivity contribution is 6.31. The van der Waals surface area contributed by atoms with Crippen LogP contribution in [0, 0.1) is 11.3 Å². The van der Waals surface area contributed by atoms with Crippen LogP contribution in [0.5, 0.6) is 5.88 Å². The summed E-state index contributed by atoms with van der Waals surface area (Å²) in [6.45, 7) is 0. The highest BCUT2D eigenvalue weighted by Crippen LogP contribution is 2.29. The molecule has 6 heteroatoms. The van der Waals surface area contributed by atoms with E-state index in [2.05, 4.69) is 9.72 Å². The lowest BCUT2D eigenvalue weighted by molar-refractivity contribution is 0.144. The van der Waals surface area contributed by atoms with E-state index in [1.165, 1.54) is 13.2 Å². The highest BCUT2D eigenvalue weighted by Gasteiger charge is 2.19. The topological polar surface area (TPSA) is 45.9 Å². The standard InChI is InChI=1S/C8H5ClF2N2O/c1-14-6-2-5(9)4(3-12)7(13-6)8(10)11/h2,8H,1H3. The van der Waals surface area contributed by atoms with Gasteiger partial charge in [0.1, 0.15) is 11.8 Å². The van der Waals surface area contributed by atoms with Gasteiger partial charge in [0.15, 0.2) is 0 Å². The average molecular weight is 219 g/mol. The molecular weight excluding hydrogens is 214 g/mol. The number of pyridine rings is 1. The van der Waals surface area contributed by atoms with Crippen LogP contribution in [0.4, 0.5) is 8.78 Å². The third kappa shape index (κ3) is 1.91. The minimum atomic E-state index is -2.85. The number of rotatable bonds is 2. The van der Waals surface area contributed by atoms with Gasteiger partial charge < -0.3 is 4.74 Å². The van der Waals surface area contributed by atoms with Crippen molar-refractivity contribution in [2.24, 2.45) is 0 Å². The third-order valence-corrected chi connectivity index (χ3v) is 1.80. The molecule has 0 aliphatic heterocycles. The molecule has 0 fully saturated rings. The second-order valence-corrected chi connectivity index (χ2v) is 2.73. The lowest BCUT2D eigenvalue weighted by Crippen LogP contribution is -1.99. The van der Waals surface area contributed by atoms with Crippen LogP contribution in [-0.2, 0) is 0 Å². The first-order valence-corrected chi connectivity index (χ1v) is 3.90. The summed E-state index contributed by atoms with van der Waals surface area (Å²) >= 11 is 5.58. The quantitative estimate of drug-likeness (QED) is 0.766. The van der Waals surface area contributed by atoms with Crippen molar-refractivity contribution in [2.45, 2.75) is 6.43 Å².